The Kier molecular flexibility index (Phi) is 4.68. The minimum atomic E-state index is -2.40. The van der Waals surface area contributed by atoms with Crippen LogP contribution in [0.25, 0.3) is 0 Å². The van der Waals surface area contributed by atoms with Gasteiger partial charge in [-0.05, 0) is 39.5 Å². The van der Waals surface area contributed by atoms with E-state index in [1.54, 1.807) is 0 Å². The Bertz CT molecular complexity index is 264. The molecule has 100 valence electrons. The Hall–Kier alpha value is -0.910. The molecule has 1 amide bonds. The van der Waals surface area contributed by atoms with Gasteiger partial charge in [0.25, 0.3) is 6.43 Å². The van der Waals surface area contributed by atoms with E-state index in [1.165, 1.54) is 13.8 Å². The van der Waals surface area contributed by atoms with Crippen molar-refractivity contribution in [1.29, 1.82) is 0 Å². The van der Waals surface area contributed by atoms with Crippen LogP contribution < -0.4 is 11.1 Å². The second kappa shape index (κ2) is 5.62. The summed E-state index contributed by atoms with van der Waals surface area (Å²) in [5.41, 5.74) is 3.74. The Morgan fingerprint density at radius 1 is 1.35 bits per heavy atom. The number of amides is 1. The zero-order valence-corrected chi connectivity index (χ0v) is 10.2. The molecule has 1 saturated carbocycles. The van der Waals surface area contributed by atoms with Crippen molar-refractivity contribution in [2.45, 2.75) is 63.6 Å². The van der Waals surface area contributed by atoms with E-state index in [0.717, 1.165) is 0 Å². The SMILES string of the molecule is CC(C)(NC1CCC(OC(N)=O)CC1)C(F)F. The summed E-state index contributed by atoms with van der Waals surface area (Å²) in [7, 11) is 0. The van der Waals surface area contributed by atoms with Crippen molar-refractivity contribution in [2.24, 2.45) is 5.73 Å². The lowest BCUT2D eigenvalue weighted by atomic mass is 9.91. The molecule has 0 aromatic carbocycles. The number of halogens is 2. The summed E-state index contributed by atoms with van der Waals surface area (Å²) in [6, 6.07) is 0.0479. The number of carbonyl (C=O) groups is 1. The maximum Gasteiger partial charge on any atom is 0.404 e. The molecular formula is C11H20F2N2O2. The zero-order valence-electron chi connectivity index (χ0n) is 10.2. The molecule has 0 radical (unpaired) electrons. The summed E-state index contributed by atoms with van der Waals surface area (Å²) in [6.07, 6.45) is -0.571. The highest BCUT2D eigenvalue weighted by Crippen LogP contribution is 2.24. The largest absolute Gasteiger partial charge is 0.446 e. The third-order valence-electron chi connectivity index (χ3n) is 3.08. The highest BCUT2D eigenvalue weighted by Gasteiger charge is 2.33. The highest BCUT2D eigenvalue weighted by molar-refractivity contribution is 5.64. The summed E-state index contributed by atoms with van der Waals surface area (Å²) in [6.45, 7) is 2.98. The zero-order chi connectivity index (χ0) is 13.1. The van der Waals surface area contributed by atoms with Crippen molar-refractivity contribution in [3.8, 4) is 0 Å². The average Bonchev–Trinajstić information content (AvgIpc) is 2.19. The molecule has 0 spiro atoms. The molecule has 4 nitrogen and oxygen atoms in total. The van der Waals surface area contributed by atoms with Crippen LogP contribution in [0.15, 0.2) is 0 Å². The Labute approximate surface area is 99.9 Å². The third-order valence-corrected chi connectivity index (χ3v) is 3.08. The monoisotopic (exact) mass is 250 g/mol. The predicted octanol–water partition coefficient (Wildman–Crippen LogP) is 2.03. The molecule has 1 fully saturated rings. The van der Waals surface area contributed by atoms with Gasteiger partial charge >= 0.3 is 6.09 Å². The molecule has 0 unspecified atom stereocenters. The van der Waals surface area contributed by atoms with Gasteiger partial charge in [-0.3, -0.25) is 0 Å². The van der Waals surface area contributed by atoms with Crippen LogP contribution in [0, 0.1) is 0 Å². The lowest BCUT2D eigenvalue weighted by Gasteiger charge is -2.35. The van der Waals surface area contributed by atoms with Crippen molar-refractivity contribution in [3.63, 3.8) is 0 Å². The van der Waals surface area contributed by atoms with E-state index in [1.807, 2.05) is 0 Å². The number of nitrogens with one attached hydrogen (secondary N) is 1. The van der Waals surface area contributed by atoms with Crippen LogP contribution >= 0.6 is 0 Å². The average molecular weight is 250 g/mol. The van der Waals surface area contributed by atoms with E-state index in [9.17, 15) is 13.6 Å². The standard InChI is InChI=1S/C11H20F2N2O2/c1-11(2,9(12)13)15-7-3-5-8(6-4-7)17-10(14)16/h7-9,15H,3-6H2,1-2H3,(H2,14,16). The number of primary amides is 1. The molecule has 17 heavy (non-hydrogen) atoms. The van der Waals surface area contributed by atoms with Gasteiger partial charge in [-0.25, -0.2) is 13.6 Å². The fourth-order valence-corrected chi connectivity index (χ4v) is 2.08. The number of ether oxygens (including phenoxy) is 1. The van der Waals surface area contributed by atoms with E-state index in [0.29, 0.717) is 25.7 Å². The molecule has 3 N–H and O–H groups in total. The molecule has 0 aliphatic heterocycles. The van der Waals surface area contributed by atoms with Crippen molar-refractivity contribution in [1.82, 2.24) is 5.32 Å². The van der Waals surface area contributed by atoms with Crippen molar-refractivity contribution in [2.75, 3.05) is 0 Å². The van der Waals surface area contributed by atoms with Gasteiger partial charge < -0.3 is 15.8 Å². The maximum atomic E-state index is 12.7. The lowest BCUT2D eigenvalue weighted by molar-refractivity contribution is 0.0300. The lowest BCUT2D eigenvalue weighted by Crippen LogP contribution is -2.52. The number of alkyl halides is 2. The minimum Gasteiger partial charge on any atom is -0.446 e. The van der Waals surface area contributed by atoms with Crippen molar-refractivity contribution < 1.29 is 18.3 Å². The first kappa shape index (κ1) is 14.2. The summed E-state index contributed by atoms with van der Waals surface area (Å²) >= 11 is 0. The summed E-state index contributed by atoms with van der Waals surface area (Å²) < 4.78 is 30.2. The Balaban J connectivity index is 2.35. The van der Waals surface area contributed by atoms with Gasteiger partial charge in [0.05, 0.1) is 5.54 Å². The highest BCUT2D eigenvalue weighted by atomic mass is 19.3. The first-order valence-corrected chi connectivity index (χ1v) is 5.83. The molecule has 0 aromatic heterocycles. The first-order valence-electron chi connectivity index (χ1n) is 5.83. The third kappa shape index (κ3) is 4.46. The van der Waals surface area contributed by atoms with Gasteiger partial charge in [-0.15, -0.1) is 0 Å². The molecule has 1 aliphatic carbocycles. The Morgan fingerprint density at radius 3 is 2.29 bits per heavy atom. The number of hydrogen-bond acceptors (Lipinski definition) is 3. The second-order valence-electron chi connectivity index (χ2n) is 5.08. The van der Waals surface area contributed by atoms with Crippen LogP contribution in [0.4, 0.5) is 13.6 Å². The topological polar surface area (TPSA) is 64.3 Å². The van der Waals surface area contributed by atoms with Gasteiger partial charge in [0.1, 0.15) is 6.10 Å². The molecule has 0 heterocycles. The number of hydrogen-bond donors (Lipinski definition) is 2. The first-order chi connectivity index (χ1) is 7.81. The van der Waals surface area contributed by atoms with Crippen LogP contribution in [0.1, 0.15) is 39.5 Å². The van der Waals surface area contributed by atoms with Crippen molar-refractivity contribution in [3.05, 3.63) is 0 Å². The smallest absolute Gasteiger partial charge is 0.404 e. The fourth-order valence-electron chi connectivity index (χ4n) is 2.08. The summed E-state index contributed by atoms with van der Waals surface area (Å²) in [5, 5.41) is 2.95. The summed E-state index contributed by atoms with van der Waals surface area (Å²) in [5.74, 6) is 0. The predicted molar refractivity (Wildman–Crippen MR) is 59.9 cm³/mol. The maximum absolute atomic E-state index is 12.7. The van der Waals surface area contributed by atoms with Crippen LogP contribution in [0.3, 0.4) is 0 Å². The van der Waals surface area contributed by atoms with Crippen LogP contribution in [0.2, 0.25) is 0 Å². The van der Waals surface area contributed by atoms with Gasteiger partial charge in [0.2, 0.25) is 0 Å². The minimum absolute atomic E-state index is 0.0479. The molecule has 0 bridgehead atoms. The van der Waals surface area contributed by atoms with E-state index in [4.69, 9.17) is 10.5 Å². The molecule has 0 aromatic rings. The number of rotatable bonds is 4. The molecule has 0 atom stereocenters. The molecule has 0 saturated heterocycles. The van der Waals surface area contributed by atoms with Crippen LogP contribution in [0.5, 0.6) is 0 Å². The number of carbonyl (C=O) groups excluding carboxylic acids is 1. The van der Waals surface area contributed by atoms with E-state index in [2.05, 4.69) is 5.32 Å². The van der Waals surface area contributed by atoms with Gasteiger partial charge in [0, 0.05) is 6.04 Å². The molecule has 1 aliphatic rings. The van der Waals surface area contributed by atoms with E-state index >= 15 is 0 Å². The quantitative estimate of drug-likeness (QED) is 0.802. The molecule has 1 rings (SSSR count). The number of nitrogens with two attached hydrogens (primary N) is 1. The van der Waals surface area contributed by atoms with Crippen LogP contribution in [-0.4, -0.2) is 30.2 Å². The van der Waals surface area contributed by atoms with E-state index < -0.39 is 18.1 Å². The Morgan fingerprint density at radius 2 is 1.88 bits per heavy atom. The fraction of sp³-hybridized carbons (Fsp3) is 0.909. The van der Waals surface area contributed by atoms with E-state index in [-0.39, 0.29) is 12.1 Å². The van der Waals surface area contributed by atoms with Crippen molar-refractivity contribution >= 4 is 6.09 Å². The molecular weight excluding hydrogens is 230 g/mol. The van der Waals surface area contributed by atoms with Gasteiger partial charge in [0.15, 0.2) is 0 Å². The summed E-state index contributed by atoms with van der Waals surface area (Å²) in [4.78, 5) is 10.6. The normalized spacial score (nSPS) is 25.9. The van der Waals surface area contributed by atoms with Gasteiger partial charge in [-0.2, -0.15) is 0 Å². The van der Waals surface area contributed by atoms with Gasteiger partial charge in [-0.1, -0.05) is 0 Å². The molecule has 6 heteroatoms. The van der Waals surface area contributed by atoms with Crippen LogP contribution in [-0.2, 0) is 4.74 Å². The second-order valence-corrected chi connectivity index (χ2v) is 5.08.